The van der Waals surface area contributed by atoms with Gasteiger partial charge in [0.15, 0.2) is 5.41 Å². The van der Waals surface area contributed by atoms with E-state index in [2.05, 4.69) is 34.1 Å². The van der Waals surface area contributed by atoms with E-state index in [4.69, 9.17) is 10.2 Å². The zero-order valence-corrected chi connectivity index (χ0v) is 17.1. The molecule has 0 aliphatic heterocycles. The maximum Gasteiger partial charge on any atom is 0.194 e. The molecule has 2 N–H and O–H groups in total. The number of hydrogen-bond donors (Lipinski definition) is 1. The van der Waals surface area contributed by atoms with Crippen LogP contribution >= 0.6 is 15.9 Å². The molecule has 1 heterocycles. The summed E-state index contributed by atoms with van der Waals surface area (Å²) in [5, 5.41) is 29.8. The van der Waals surface area contributed by atoms with Crippen LogP contribution in [0.25, 0.3) is 11.3 Å². The number of hydrogen-bond acceptors (Lipinski definition) is 5. The molecule has 1 aromatic carbocycles. The highest BCUT2D eigenvalue weighted by atomic mass is 79.9. The van der Waals surface area contributed by atoms with Crippen LogP contribution in [0.3, 0.4) is 0 Å². The normalized spacial score (nSPS) is 22.6. The Bertz CT molecular complexity index is 1140. The van der Waals surface area contributed by atoms with Gasteiger partial charge in [-0.1, -0.05) is 34.1 Å². The largest absolute Gasteiger partial charge is 0.461 e. The van der Waals surface area contributed by atoms with Crippen molar-refractivity contribution in [2.24, 2.45) is 17.1 Å². The molecule has 0 radical (unpaired) electrons. The zero-order valence-electron chi connectivity index (χ0n) is 15.5. The maximum atomic E-state index is 10.0. The summed E-state index contributed by atoms with van der Waals surface area (Å²) in [6.45, 7) is 0. The summed E-state index contributed by atoms with van der Waals surface area (Å²) in [5.74, 6) is 0.482. The molecule has 2 aliphatic carbocycles. The van der Waals surface area contributed by atoms with Crippen LogP contribution in [-0.4, -0.2) is 0 Å². The summed E-state index contributed by atoms with van der Waals surface area (Å²) < 4.78 is 7.13. The van der Waals surface area contributed by atoms with Gasteiger partial charge in [-0.3, -0.25) is 0 Å². The quantitative estimate of drug-likeness (QED) is 0.674. The summed E-state index contributed by atoms with van der Waals surface area (Å²) in [5.41, 5.74) is 6.68. The van der Waals surface area contributed by atoms with Gasteiger partial charge in [-0.05, 0) is 55.0 Å². The minimum atomic E-state index is -1.64. The molecule has 0 saturated heterocycles. The lowest BCUT2D eigenvalue weighted by Crippen LogP contribution is -2.42. The monoisotopic (exact) mass is 444 g/mol. The highest BCUT2D eigenvalue weighted by Crippen LogP contribution is 2.56. The van der Waals surface area contributed by atoms with Crippen molar-refractivity contribution in [1.29, 1.82) is 15.8 Å². The van der Waals surface area contributed by atoms with Crippen molar-refractivity contribution < 1.29 is 4.42 Å². The molecular formula is C23H17BrN4O. The predicted molar refractivity (Wildman–Crippen MR) is 110 cm³/mol. The van der Waals surface area contributed by atoms with Crippen LogP contribution in [0.1, 0.15) is 30.9 Å². The minimum absolute atomic E-state index is 0.0287. The predicted octanol–water partition coefficient (Wildman–Crippen LogP) is 5.30. The van der Waals surface area contributed by atoms with Gasteiger partial charge in [-0.15, -0.1) is 0 Å². The van der Waals surface area contributed by atoms with Crippen molar-refractivity contribution >= 4 is 15.9 Å². The van der Waals surface area contributed by atoms with Gasteiger partial charge < -0.3 is 10.2 Å². The van der Waals surface area contributed by atoms with Gasteiger partial charge in [0.05, 0.1) is 29.3 Å². The number of benzene rings is 1. The Labute approximate surface area is 177 Å². The fourth-order valence-electron chi connectivity index (χ4n) is 4.47. The first-order valence-corrected chi connectivity index (χ1v) is 10.1. The molecule has 0 unspecified atom stereocenters. The molecule has 5 nitrogen and oxygen atoms in total. The summed E-state index contributed by atoms with van der Waals surface area (Å²) >= 11 is 3.42. The number of rotatable bonds is 2. The second kappa shape index (κ2) is 7.28. The van der Waals surface area contributed by atoms with Crippen LogP contribution < -0.4 is 5.73 Å². The molecule has 0 bridgehead atoms. The third kappa shape index (κ3) is 2.87. The zero-order chi connectivity index (χ0) is 20.6. The number of fused-ring (bicyclic) bond motifs is 1. The summed E-state index contributed by atoms with van der Waals surface area (Å²) in [6, 6.07) is 17.8. The highest BCUT2D eigenvalue weighted by molar-refractivity contribution is 9.10. The smallest absolute Gasteiger partial charge is 0.194 e. The second-order valence-electron chi connectivity index (χ2n) is 7.32. The number of nitrogens with zero attached hydrogens (tertiary/aromatic N) is 3. The van der Waals surface area contributed by atoms with E-state index in [1.165, 1.54) is 0 Å². The summed E-state index contributed by atoms with van der Waals surface area (Å²) in [6.07, 6.45) is 4.57. The van der Waals surface area contributed by atoms with Crippen LogP contribution in [0.4, 0.5) is 0 Å². The van der Waals surface area contributed by atoms with E-state index in [1.807, 2.05) is 42.5 Å². The minimum Gasteiger partial charge on any atom is -0.461 e. The van der Waals surface area contributed by atoms with Gasteiger partial charge in [0, 0.05) is 10.0 Å². The third-order valence-electron chi connectivity index (χ3n) is 5.86. The molecule has 0 amide bonds. The Kier molecular flexibility index (Phi) is 4.79. The van der Waals surface area contributed by atoms with Crippen LogP contribution in [0.2, 0.25) is 0 Å². The van der Waals surface area contributed by atoms with Gasteiger partial charge in [-0.25, -0.2) is 0 Å². The van der Waals surface area contributed by atoms with Gasteiger partial charge in [0.2, 0.25) is 0 Å². The Balaban J connectivity index is 1.89. The molecule has 4 rings (SSSR count). The Hall–Kier alpha value is -3.27. The summed E-state index contributed by atoms with van der Waals surface area (Å²) in [4.78, 5) is 0. The standard InChI is InChI=1S/C23H17BrN4O/c24-15-7-5-14(6-8-15)19-9-10-20(29-19)21-17-4-2-1-3-16(17)18(11-25)22(28)23(21,12-26)13-27/h3,5-10,17,21H,1-2,4,28H2/t17-,21+/m1/s1. The fourth-order valence-corrected chi connectivity index (χ4v) is 4.73. The number of nitriles is 3. The van der Waals surface area contributed by atoms with Crippen molar-refractivity contribution in [3.8, 4) is 29.5 Å². The van der Waals surface area contributed by atoms with Crippen molar-refractivity contribution in [2.75, 3.05) is 0 Å². The van der Waals surface area contributed by atoms with Crippen LogP contribution in [0, 0.1) is 45.3 Å². The average Bonchev–Trinajstić information content (AvgIpc) is 3.23. The first-order chi connectivity index (χ1) is 14.1. The first kappa shape index (κ1) is 19.1. The average molecular weight is 445 g/mol. The highest BCUT2D eigenvalue weighted by Gasteiger charge is 2.55. The molecule has 2 aromatic rings. The molecule has 29 heavy (non-hydrogen) atoms. The Morgan fingerprint density at radius 1 is 1.07 bits per heavy atom. The van der Waals surface area contributed by atoms with Crippen molar-refractivity contribution in [3.05, 3.63) is 69.6 Å². The molecule has 0 saturated carbocycles. The third-order valence-corrected chi connectivity index (χ3v) is 6.39. The molecule has 1 aromatic heterocycles. The first-order valence-electron chi connectivity index (χ1n) is 9.34. The van der Waals surface area contributed by atoms with Gasteiger partial charge >= 0.3 is 0 Å². The van der Waals surface area contributed by atoms with Crippen LogP contribution in [0.5, 0.6) is 0 Å². The number of allylic oxidation sites excluding steroid dienone is 4. The maximum absolute atomic E-state index is 10.0. The van der Waals surface area contributed by atoms with Crippen molar-refractivity contribution in [3.63, 3.8) is 0 Å². The van der Waals surface area contributed by atoms with Crippen LogP contribution in [-0.2, 0) is 0 Å². The molecule has 2 aliphatic rings. The lowest BCUT2D eigenvalue weighted by molar-refractivity contribution is 0.277. The van der Waals surface area contributed by atoms with E-state index < -0.39 is 11.3 Å². The van der Waals surface area contributed by atoms with Crippen LogP contribution in [0.15, 0.2) is 68.2 Å². The SMILES string of the molecule is N#CC1=C(N)C(C#N)(C#N)[C@H](c2ccc(-c3ccc(Br)cc3)o2)[C@@H]2CCCC=C12. The number of nitrogens with two attached hydrogens (primary N) is 1. The molecule has 2 atom stereocenters. The second-order valence-corrected chi connectivity index (χ2v) is 8.23. The van der Waals surface area contributed by atoms with Crippen molar-refractivity contribution in [1.82, 2.24) is 0 Å². The van der Waals surface area contributed by atoms with E-state index in [0.717, 1.165) is 34.9 Å². The molecule has 142 valence electrons. The number of furan rings is 1. The lowest BCUT2D eigenvalue weighted by Gasteiger charge is -2.42. The van der Waals surface area contributed by atoms with E-state index in [1.54, 1.807) is 0 Å². The lowest BCUT2D eigenvalue weighted by atomic mass is 9.58. The fraction of sp³-hybridized carbons (Fsp3) is 0.261. The number of halogens is 1. The van der Waals surface area contributed by atoms with Gasteiger partial charge in [-0.2, -0.15) is 15.8 Å². The van der Waals surface area contributed by atoms with Crippen molar-refractivity contribution in [2.45, 2.75) is 25.2 Å². The molecule has 0 spiro atoms. The van der Waals surface area contributed by atoms with E-state index in [9.17, 15) is 15.8 Å². The van der Waals surface area contributed by atoms with E-state index >= 15 is 0 Å². The molecule has 6 heteroatoms. The summed E-state index contributed by atoms with van der Waals surface area (Å²) in [7, 11) is 0. The molecular weight excluding hydrogens is 428 g/mol. The van der Waals surface area contributed by atoms with E-state index in [0.29, 0.717) is 11.5 Å². The Morgan fingerprint density at radius 2 is 1.79 bits per heavy atom. The van der Waals surface area contributed by atoms with Gasteiger partial charge in [0.25, 0.3) is 0 Å². The Morgan fingerprint density at radius 3 is 2.45 bits per heavy atom. The van der Waals surface area contributed by atoms with Gasteiger partial charge in [0.1, 0.15) is 17.6 Å². The molecule has 0 fully saturated rings. The van der Waals surface area contributed by atoms with E-state index in [-0.39, 0.29) is 17.2 Å². The topological polar surface area (TPSA) is 111 Å².